The van der Waals surface area contributed by atoms with Gasteiger partial charge in [0.25, 0.3) is 6.04 Å². The molecule has 3 rings (SSSR count). The lowest BCUT2D eigenvalue weighted by atomic mass is 10.1. The standard InChI is InChI=1S/C18H20ClN5O2/c1-20-18-16(24(25)26)12-22(10-14-5-3-2-4-6-14)13-23(18)11-15-7-8-17(19)21-9-15/h2-9,16H,10-13H2,1H3. The van der Waals surface area contributed by atoms with Crippen LogP contribution in [0.5, 0.6) is 0 Å². The molecule has 7 nitrogen and oxygen atoms in total. The van der Waals surface area contributed by atoms with Crippen molar-refractivity contribution in [1.29, 1.82) is 0 Å². The van der Waals surface area contributed by atoms with E-state index in [9.17, 15) is 10.1 Å². The fourth-order valence-corrected chi connectivity index (χ4v) is 3.28. The van der Waals surface area contributed by atoms with Crippen LogP contribution in [0.1, 0.15) is 11.1 Å². The molecule has 2 heterocycles. The van der Waals surface area contributed by atoms with Gasteiger partial charge in [0.1, 0.15) is 5.15 Å². The number of pyridine rings is 1. The van der Waals surface area contributed by atoms with Gasteiger partial charge in [-0.1, -0.05) is 48.0 Å². The van der Waals surface area contributed by atoms with Gasteiger partial charge >= 0.3 is 0 Å². The number of nitro groups is 1. The van der Waals surface area contributed by atoms with E-state index in [0.29, 0.717) is 37.3 Å². The normalized spacial score (nSPS) is 19.7. The summed E-state index contributed by atoms with van der Waals surface area (Å²) in [5.41, 5.74) is 2.05. The Morgan fingerprint density at radius 2 is 2.00 bits per heavy atom. The van der Waals surface area contributed by atoms with Crippen molar-refractivity contribution >= 4 is 17.4 Å². The molecule has 26 heavy (non-hydrogen) atoms. The van der Waals surface area contributed by atoms with Crippen molar-refractivity contribution in [3.8, 4) is 0 Å². The molecule has 1 aliphatic rings. The van der Waals surface area contributed by atoms with Gasteiger partial charge in [-0.15, -0.1) is 0 Å². The van der Waals surface area contributed by atoms with E-state index in [0.717, 1.165) is 11.1 Å². The zero-order valence-electron chi connectivity index (χ0n) is 14.5. The van der Waals surface area contributed by atoms with E-state index < -0.39 is 6.04 Å². The molecule has 0 spiro atoms. The van der Waals surface area contributed by atoms with Gasteiger partial charge < -0.3 is 4.90 Å². The van der Waals surface area contributed by atoms with E-state index in [-0.39, 0.29) is 4.92 Å². The Bertz CT molecular complexity index is 782. The fraction of sp³-hybridized carbons (Fsp3) is 0.333. The van der Waals surface area contributed by atoms with Crippen molar-refractivity contribution in [2.75, 3.05) is 20.3 Å². The minimum atomic E-state index is -0.849. The first-order valence-electron chi connectivity index (χ1n) is 8.28. The third-order valence-corrected chi connectivity index (χ3v) is 4.54. The summed E-state index contributed by atoms with van der Waals surface area (Å²) in [6.07, 6.45) is 1.69. The summed E-state index contributed by atoms with van der Waals surface area (Å²) in [6.45, 7) is 2.04. The number of hydrogen-bond donors (Lipinski definition) is 0. The molecule has 136 valence electrons. The largest absolute Gasteiger partial charge is 0.337 e. The van der Waals surface area contributed by atoms with Crippen LogP contribution in [0.25, 0.3) is 0 Å². The smallest absolute Gasteiger partial charge is 0.281 e. The van der Waals surface area contributed by atoms with E-state index in [4.69, 9.17) is 11.6 Å². The molecule has 0 radical (unpaired) electrons. The number of nitrogens with zero attached hydrogens (tertiary/aromatic N) is 5. The average Bonchev–Trinajstić information content (AvgIpc) is 2.64. The molecule has 1 aromatic carbocycles. The Labute approximate surface area is 157 Å². The van der Waals surface area contributed by atoms with Gasteiger partial charge in [0.15, 0.2) is 5.84 Å². The maximum atomic E-state index is 11.6. The Hall–Kier alpha value is -2.51. The van der Waals surface area contributed by atoms with Crippen molar-refractivity contribution in [2.45, 2.75) is 19.1 Å². The van der Waals surface area contributed by atoms with E-state index in [1.807, 2.05) is 41.3 Å². The van der Waals surface area contributed by atoms with Crippen molar-refractivity contribution in [3.05, 3.63) is 75.1 Å². The molecule has 0 saturated carbocycles. The summed E-state index contributed by atoms with van der Waals surface area (Å²) in [7, 11) is 1.60. The monoisotopic (exact) mass is 373 g/mol. The van der Waals surface area contributed by atoms with Crippen LogP contribution >= 0.6 is 11.6 Å². The van der Waals surface area contributed by atoms with Gasteiger partial charge in [-0.05, 0) is 17.2 Å². The minimum absolute atomic E-state index is 0.257. The lowest BCUT2D eigenvalue weighted by molar-refractivity contribution is -0.507. The maximum absolute atomic E-state index is 11.6. The number of halogens is 1. The summed E-state index contributed by atoms with van der Waals surface area (Å²) in [5.74, 6) is 0.495. The number of hydrogen-bond acceptors (Lipinski definition) is 5. The van der Waals surface area contributed by atoms with E-state index in [2.05, 4.69) is 14.9 Å². The second kappa shape index (κ2) is 8.25. The summed E-state index contributed by atoms with van der Waals surface area (Å²) in [6, 6.07) is 12.7. The molecule has 1 aromatic heterocycles. The molecule has 0 amide bonds. The van der Waals surface area contributed by atoms with Crippen LogP contribution in [-0.2, 0) is 13.1 Å². The fourth-order valence-electron chi connectivity index (χ4n) is 3.17. The lowest BCUT2D eigenvalue weighted by Gasteiger charge is -2.38. The van der Waals surface area contributed by atoms with E-state index in [1.165, 1.54) is 0 Å². The quantitative estimate of drug-likeness (QED) is 0.457. The first-order chi connectivity index (χ1) is 12.6. The van der Waals surface area contributed by atoms with Crippen molar-refractivity contribution in [2.24, 2.45) is 4.99 Å². The first kappa shape index (κ1) is 18.3. The molecular formula is C18H20ClN5O2. The highest BCUT2D eigenvalue weighted by molar-refractivity contribution is 6.29. The number of amidine groups is 1. The summed E-state index contributed by atoms with van der Waals surface area (Å²) in [5, 5.41) is 12.0. The number of benzene rings is 1. The third kappa shape index (κ3) is 4.36. The molecule has 1 aliphatic heterocycles. The second-order valence-electron chi connectivity index (χ2n) is 6.21. The molecule has 1 fully saturated rings. The van der Waals surface area contributed by atoms with E-state index >= 15 is 0 Å². The molecule has 0 bridgehead atoms. The van der Waals surface area contributed by atoms with Crippen molar-refractivity contribution in [3.63, 3.8) is 0 Å². The zero-order chi connectivity index (χ0) is 18.5. The maximum Gasteiger partial charge on any atom is 0.281 e. The number of aromatic nitrogens is 1. The molecule has 8 heteroatoms. The second-order valence-corrected chi connectivity index (χ2v) is 6.60. The van der Waals surface area contributed by atoms with Crippen LogP contribution in [0.3, 0.4) is 0 Å². The van der Waals surface area contributed by atoms with Crippen molar-refractivity contribution < 1.29 is 4.92 Å². The average molecular weight is 374 g/mol. The number of aliphatic imine (C=N–C) groups is 1. The summed E-state index contributed by atoms with van der Waals surface area (Å²) in [4.78, 5) is 23.7. The molecule has 0 aliphatic carbocycles. The third-order valence-electron chi connectivity index (χ3n) is 4.32. The van der Waals surface area contributed by atoms with Gasteiger partial charge in [-0.2, -0.15) is 0 Å². The first-order valence-corrected chi connectivity index (χ1v) is 8.66. The SMILES string of the molecule is CN=C1C([N+](=O)[O-])CN(Cc2ccccc2)CN1Cc1ccc(Cl)nc1. The van der Waals surface area contributed by atoms with Gasteiger partial charge in [0, 0.05) is 31.3 Å². The Morgan fingerprint density at radius 1 is 1.23 bits per heavy atom. The molecule has 1 unspecified atom stereocenters. The van der Waals surface area contributed by atoms with Gasteiger partial charge in [0.05, 0.1) is 13.2 Å². The summed E-state index contributed by atoms with van der Waals surface area (Å²) < 4.78 is 0. The van der Waals surface area contributed by atoms with Crippen LogP contribution in [0.4, 0.5) is 0 Å². The molecule has 1 atom stereocenters. The molecule has 1 saturated heterocycles. The minimum Gasteiger partial charge on any atom is -0.337 e. The lowest BCUT2D eigenvalue weighted by Crippen LogP contribution is -2.57. The van der Waals surface area contributed by atoms with Gasteiger partial charge in [0.2, 0.25) is 0 Å². The van der Waals surface area contributed by atoms with Crippen molar-refractivity contribution in [1.82, 2.24) is 14.8 Å². The zero-order valence-corrected chi connectivity index (χ0v) is 15.2. The Kier molecular flexibility index (Phi) is 5.80. The highest BCUT2D eigenvalue weighted by Gasteiger charge is 2.38. The summed E-state index contributed by atoms with van der Waals surface area (Å²) >= 11 is 5.84. The van der Waals surface area contributed by atoms with E-state index in [1.54, 1.807) is 19.3 Å². The van der Waals surface area contributed by atoms with Crippen LogP contribution < -0.4 is 0 Å². The van der Waals surface area contributed by atoms with Crippen LogP contribution in [0, 0.1) is 10.1 Å². The predicted octanol–water partition coefficient (Wildman–Crippen LogP) is 2.68. The highest BCUT2D eigenvalue weighted by atomic mass is 35.5. The van der Waals surface area contributed by atoms with Crippen LogP contribution in [-0.4, -0.2) is 51.8 Å². The highest BCUT2D eigenvalue weighted by Crippen LogP contribution is 2.18. The topological polar surface area (TPSA) is 74.9 Å². The predicted molar refractivity (Wildman–Crippen MR) is 101 cm³/mol. The molecular weight excluding hydrogens is 354 g/mol. The van der Waals surface area contributed by atoms with Gasteiger partial charge in [-0.3, -0.25) is 20.0 Å². The number of rotatable bonds is 5. The molecule has 2 aromatic rings. The Balaban J connectivity index is 1.81. The molecule has 0 N–H and O–H groups in total. The van der Waals surface area contributed by atoms with Crippen LogP contribution in [0.15, 0.2) is 53.7 Å². The Morgan fingerprint density at radius 3 is 2.62 bits per heavy atom. The van der Waals surface area contributed by atoms with Gasteiger partial charge in [-0.25, -0.2) is 4.98 Å². The van der Waals surface area contributed by atoms with Crippen LogP contribution in [0.2, 0.25) is 5.15 Å².